The van der Waals surface area contributed by atoms with Crippen LogP contribution in [-0.4, -0.2) is 47.8 Å². The molecule has 0 unspecified atom stereocenters. The van der Waals surface area contributed by atoms with Gasteiger partial charge >= 0.3 is 6.09 Å². The summed E-state index contributed by atoms with van der Waals surface area (Å²) in [5, 5.41) is 3.02. The number of hydrogen-bond donors (Lipinski definition) is 1. The maximum absolute atomic E-state index is 12.9. The number of rotatable bonds is 14. The summed E-state index contributed by atoms with van der Waals surface area (Å²) in [6.45, 7) is 24.7. The van der Waals surface area contributed by atoms with Crippen molar-refractivity contribution in [3.05, 3.63) is 35.9 Å². The van der Waals surface area contributed by atoms with Gasteiger partial charge in [-0.3, -0.25) is 0 Å². The van der Waals surface area contributed by atoms with Crippen LogP contribution in [-0.2, 0) is 25.0 Å². The van der Waals surface area contributed by atoms with Crippen molar-refractivity contribution in [2.75, 3.05) is 6.61 Å². The molecule has 206 valence electrons. The van der Waals surface area contributed by atoms with E-state index in [2.05, 4.69) is 80.7 Å². The molecule has 1 aromatic carbocycles. The Morgan fingerprint density at radius 3 is 1.94 bits per heavy atom. The zero-order chi connectivity index (χ0) is 27.7. The van der Waals surface area contributed by atoms with E-state index in [4.69, 9.17) is 13.6 Å². The molecule has 2 atom stereocenters. The van der Waals surface area contributed by atoms with E-state index in [0.29, 0.717) is 16.6 Å². The summed E-state index contributed by atoms with van der Waals surface area (Å²) in [7, 11) is -4.43. The average Bonchev–Trinajstić information content (AvgIpc) is 2.77. The molecule has 0 aliphatic heterocycles. The van der Waals surface area contributed by atoms with Crippen molar-refractivity contribution < 1.29 is 23.2 Å². The third-order valence-corrected chi connectivity index (χ3v) is 18.4. The lowest BCUT2D eigenvalue weighted by Gasteiger charge is -2.46. The topological polar surface area (TPSA) is 73.9 Å². The molecular formula is C28H51NO5Si2. The van der Waals surface area contributed by atoms with Crippen LogP contribution in [0, 0.1) is 0 Å². The van der Waals surface area contributed by atoms with Crippen LogP contribution >= 0.6 is 0 Å². The Hall–Kier alpha value is -1.49. The molecule has 8 heteroatoms. The minimum Gasteiger partial charge on any atom is -0.445 e. The van der Waals surface area contributed by atoms with Crippen LogP contribution in [0.15, 0.2) is 30.3 Å². The molecule has 0 saturated carbocycles. The summed E-state index contributed by atoms with van der Waals surface area (Å²) in [4.78, 5) is 24.7. The number of benzene rings is 1. The van der Waals surface area contributed by atoms with Crippen molar-refractivity contribution in [2.45, 2.75) is 122 Å². The zero-order valence-electron chi connectivity index (χ0n) is 24.5. The van der Waals surface area contributed by atoms with Crippen molar-refractivity contribution in [1.29, 1.82) is 0 Å². The maximum atomic E-state index is 12.9. The van der Waals surface area contributed by atoms with Gasteiger partial charge in [0, 0.05) is 6.42 Å². The Labute approximate surface area is 222 Å². The fraction of sp³-hybridized carbons (Fsp3) is 0.714. The summed E-state index contributed by atoms with van der Waals surface area (Å²) in [6, 6.07) is 9.07. The van der Waals surface area contributed by atoms with Crippen molar-refractivity contribution in [3.8, 4) is 0 Å². The summed E-state index contributed by atoms with van der Waals surface area (Å²) < 4.78 is 19.1. The number of hydrogen-bond acceptors (Lipinski definition) is 5. The van der Waals surface area contributed by atoms with E-state index in [9.17, 15) is 9.59 Å². The number of alkyl carbamates (subject to hydrolysis) is 1. The van der Waals surface area contributed by atoms with Gasteiger partial charge in [0.1, 0.15) is 12.9 Å². The van der Waals surface area contributed by atoms with E-state index in [-0.39, 0.29) is 24.7 Å². The molecule has 0 heterocycles. The first-order chi connectivity index (χ1) is 16.6. The Bertz CT molecular complexity index is 784. The largest absolute Gasteiger partial charge is 0.445 e. The minimum atomic E-state index is -2.32. The molecule has 0 aliphatic carbocycles. The molecule has 0 aromatic heterocycles. The fourth-order valence-electron chi connectivity index (χ4n) is 4.73. The Morgan fingerprint density at radius 1 is 0.972 bits per heavy atom. The van der Waals surface area contributed by atoms with Gasteiger partial charge in [0.05, 0.1) is 18.8 Å². The molecule has 0 radical (unpaired) electrons. The van der Waals surface area contributed by atoms with Crippen LogP contribution in [0.5, 0.6) is 0 Å². The van der Waals surface area contributed by atoms with Gasteiger partial charge in [0.25, 0.3) is 0 Å². The number of carbonyl (C=O) groups excluding carboxylic acids is 2. The lowest BCUT2D eigenvalue weighted by molar-refractivity contribution is -0.109. The first kappa shape index (κ1) is 32.5. The highest BCUT2D eigenvalue weighted by Gasteiger charge is 2.48. The summed E-state index contributed by atoms with van der Waals surface area (Å²) in [5.41, 5.74) is 1.95. The molecule has 1 rings (SSSR count). The van der Waals surface area contributed by atoms with E-state index in [1.807, 2.05) is 30.3 Å². The SMILES string of the molecule is CC(C)[Si](O[C@@H](CC=O)[C@H](CO[Si](C)(C)C(C)(C)C)NC(=O)OCc1ccccc1)(C(C)C)C(C)C. The van der Waals surface area contributed by atoms with E-state index in [1.54, 1.807) is 0 Å². The second kappa shape index (κ2) is 13.9. The highest BCUT2D eigenvalue weighted by molar-refractivity contribution is 6.77. The molecule has 0 fully saturated rings. The van der Waals surface area contributed by atoms with E-state index in [1.165, 1.54) is 0 Å². The average molecular weight is 538 g/mol. The van der Waals surface area contributed by atoms with Gasteiger partial charge in [-0.05, 0) is 40.3 Å². The van der Waals surface area contributed by atoms with E-state index < -0.39 is 34.9 Å². The normalized spacial score (nSPS) is 14.7. The predicted octanol–water partition coefficient (Wildman–Crippen LogP) is 7.45. The van der Waals surface area contributed by atoms with Gasteiger partial charge in [-0.1, -0.05) is 92.6 Å². The predicted molar refractivity (Wildman–Crippen MR) is 153 cm³/mol. The van der Waals surface area contributed by atoms with Crippen LogP contribution in [0.4, 0.5) is 4.79 Å². The van der Waals surface area contributed by atoms with E-state index >= 15 is 0 Å². The number of carbonyl (C=O) groups is 2. The Balaban J connectivity index is 3.25. The first-order valence-corrected chi connectivity index (χ1v) is 18.4. The van der Waals surface area contributed by atoms with Crippen molar-refractivity contribution >= 4 is 29.0 Å². The third-order valence-electron chi connectivity index (χ3n) is 7.79. The van der Waals surface area contributed by atoms with Crippen molar-refractivity contribution in [2.24, 2.45) is 0 Å². The van der Waals surface area contributed by atoms with Gasteiger partial charge in [-0.15, -0.1) is 0 Å². The van der Waals surface area contributed by atoms with Gasteiger partial charge in [-0.2, -0.15) is 0 Å². The van der Waals surface area contributed by atoms with Crippen molar-refractivity contribution in [1.82, 2.24) is 5.32 Å². The summed E-state index contributed by atoms with van der Waals surface area (Å²) in [6.07, 6.45) is 0.0514. The maximum Gasteiger partial charge on any atom is 0.407 e. The highest BCUT2D eigenvalue weighted by Crippen LogP contribution is 2.44. The fourth-order valence-corrected chi connectivity index (χ4v) is 11.4. The molecule has 1 aromatic rings. The van der Waals surface area contributed by atoms with Gasteiger partial charge in [-0.25, -0.2) is 4.79 Å². The Morgan fingerprint density at radius 2 is 1.50 bits per heavy atom. The smallest absolute Gasteiger partial charge is 0.407 e. The molecule has 0 bridgehead atoms. The molecule has 1 amide bonds. The van der Waals surface area contributed by atoms with Crippen LogP contribution < -0.4 is 5.32 Å². The summed E-state index contributed by atoms with van der Waals surface area (Å²) in [5.74, 6) is 0. The van der Waals surface area contributed by atoms with Crippen LogP contribution in [0.25, 0.3) is 0 Å². The lowest BCUT2D eigenvalue weighted by Crippen LogP contribution is -2.57. The van der Waals surface area contributed by atoms with Gasteiger partial charge in [0.15, 0.2) is 8.32 Å². The molecule has 0 saturated heterocycles. The lowest BCUT2D eigenvalue weighted by atomic mass is 10.1. The second-order valence-electron chi connectivity index (χ2n) is 12.3. The quantitative estimate of drug-likeness (QED) is 0.197. The van der Waals surface area contributed by atoms with Crippen LogP contribution in [0.1, 0.15) is 74.3 Å². The van der Waals surface area contributed by atoms with E-state index in [0.717, 1.165) is 11.8 Å². The summed E-state index contributed by atoms with van der Waals surface area (Å²) >= 11 is 0. The first-order valence-electron chi connectivity index (χ1n) is 13.3. The molecule has 36 heavy (non-hydrogen) atoms. The zero-order valence-corrected chi connectivity index (χ0v) is 26.5. The van der Waals surface area contributed by atoms with Crippen molar-refractivity contribution in [3.63, 3.8) is 0 Å². The second-order valence-corrected chi connectivity index (χ2v) is 22.5. The van der Waals surface area contributed by atoms with Crippen LogP contribution in [0.2, 0.25) is 34.8 Å². The number of nitrogens with one attached hydrogen (secondary N) is 1. The Kier molecular flexibility index (Phi) is 12.6. The monoisotopic (exact) mass is 537 g/mol. The molecule has 0 spiro atoms. The molecule has 1 N–H and O–H groups in total. The molecule has 6 nitrogen and oxygen atoms in total. The molecule has 0 aliphatic rings. The van der Waals surface area contributed by atoms with Gasteiger partial charge in [0.2, 0.25) is 8.32 Å². The minimum absolute atomic E-state index is 0.0126. The standard InChI is InChI=1S/C28H51NO5Si2/c1-21(2)36(22(3)4,23(5)6)34-26(17-18-30)25(20-33-35(10,11)28(7,8)9)29-27(31)32-19-24-15-13-12-14-16-24/h12-16,18,21-23,25-26H,17,19-20H2,1-11H3,(H,29,31)/t25-,26-/m0/s1. The molecular weight excluding hydrogens is 486 g/mol. The van der Waals surface area contributed by atoms with Crippen LogP contribution in [0.3, 0.4) is 0 Å². The third kappa shape index (κ3) is 8.82. The number of amides is 1. The van der Waals surface area contributed by atoms with Gasteiger partial charge < -0.3 is 23.7 Å². The highest BCUT2D eigenvalue weighted by atomic mass is 28.4. The number of ether oxygens (including phenoxy) is 1. The number of aldehydes is 1.